The number of rotatable bonds is 3. The molecule has 0 heterocycles. The molecule has 0 aliphatic heterocycles. The van der Waals surface area contributed by atoms with Crippen LogP contribution in [-0.2, 0) is 10.8 Å². The van der Waals surface area contributed by atoms with Gasteiger partial charge in [-0.3, -0.25) is 0 Å². The van der Waals surface area contributed by atoms with Gasteiger partial charge in [-0.05, 0) is 152 Å². The van der Waals surface area contributed by atoms with Crippen molar-refractivity contribution in [2.24, 2.45) is 0 Å². The third-order valence-corrected chi connectivity index (χ3v) is 16.0. The van der Waals surface area contributed by atoms with Crippen molar-refractivity contribution in [3.63, 3.8) is 0 Å². The topological polar surface area (TPSA) is 0 Å². The Morgan fingerprint density at radius 1 is 0.224 bits per heavy atom. The highest BCUT2D eigenvalue weighted by molar-refractivity contribution is 5.98. The fraction of sp³-hybridized carbons (Fsp3) is 0.0448. The summed E-state index contributed by atoms with van der Waals surface area (Å²) < 4.78 is 0. The first kappa shape index (κ1) is 37.0. The zero-order valence-electron chi connectivity index (χ0n) is 36.7. The van der Waals surface area contributed by atoms with E-state index in [0.717, 1.165) is 0 Å². The summed E-state index contributed by atoms with van der Waals surface area (Å²) in [6, 6.07) is 95.0. The van der Waals surface area contributed by atoms with E-state index in [1.165, 1.54) is 128 Å². The molecule has 2 spiro atoms. The summed E-state index contributed by atoms with van der Waals surface area (Å²) in [6.45, 7) is 0. The predicted molar refractivity (Wildman–Crippen MR) is 276 cm³/mol. The Balaban J connectivity index is 1.12. The Morgan fingerprint density at radius 2 is 0.582 bits per heavy atom. The van der Waals surface area contributed by atoms with Crippen molar-refractivity contribution in [3.05, 3.63) is 310 Å². The molecule has 0 N–H and O–H groups in total. The minimum atomic E-state index is -0.572. The van der Waals surface area contributed by atoms with E-state index in [4.69, 9.17) is 0 Å². The highest BCUT2D eigenvalue weighted by Gasteiger charge is 2.59. The summed E-state index contributed by atoms with van der Waals surface area (Å²) in [5, 5.41) is 2.53. The standard InChI is InChI=1S/C67H42/c1-3-19-42(20-4-1)46-35-47(43-21-5-2-6-22-43)37-48(36-46)65-55-39-45-24-8-7-23-44(45)38-53(55)54-40-63-64(41-56(54)65)67(59-31-15-11-27-51(59)52-28-12-16-32-60(52)67)62-34-18-17-33-61(62)66(63)57-29-13-9-25-49(57)50-26-10-14-30-58(50)66/h1-41,65H. The van der Waals surface area contributed by atoms with Crippen LogP contribution < -0.4 is 0 Å². The lowest BCUT2D eigenvalue weighted by Crippen LogP contribution is -2.44. The van der Waals surface area contributed by atoms with E-state index in [2.05, 4.69) is 249 Å². The molecule has 0 fully saturated rings. The van der Waals surface area contributed by atoms with E-state index < -0.39 is 10.8 Å². The third kappa shape index (κ3) is 4.77. The van der Waals surface area contributed by atoms with Crippen LogP contribution in [-0.4, -0.2) is 0 Å². The van der Waals surface area contributed by atoms with Crippen LogP contribution in [0.15, 0.2) is 249 Å². The van der Waals surface area contributed by atoms with Gasteiger partial charge in [0.05, 0.1) is 10.8 Å². The molecule has 67 heavy (non-hydrogen) atoms. The average molecular weight is 847 g/mol. The zero-order chi connectivity index (χ0) is 43.8. The van der Waals surface area contributed by atoms with Gasteiger partial charge in [0.25, 0.3) is 0 Å². The summed E-state index contributed by atoms with van der Waals surface area (Å²) in [7, 11) is 0. The lowest BCUT2D eigenvalue weighted by Gasteiger charge is -2.49. The molecule has 0 saturated carbocycles. The number of hydrogen-bond acceptors (Lipinski definition) is 0. The van der Waals surface area contributed by atoms with Crippen LogP contribution in [0.1, 0.15) is 67.1 Å². The molecule has 0 bridgehead atoms. The second kappa shape index (κ2) is 13.6. The van der Waals surface area contributed by atoms with E-state index in [-0.39, 0.29) is 5.92 Å². The van der Waals surface area contributed by atoms with Crippen molar-refractivity contribution >= 4 is 10.8 Å². The number of fused-ring (bicyclic) bond motifs is 20. The first-order chi connectivity index (χ1) is 33.2. The Kier molecular flexibility index (Phi) is 7.51. The van der Waals surface area contributed by atoms with Gasteiger partial charge in [0, 0.05) is 5.92 Å². The van der Waals surface area contributed by atoms with Gasteiger partial charge < -0.3 is 0 Å². The van der Waals surface area contributed by atoms with Crippen LogP contribution in [0.5, 0.6) is 0 Å². The molecular weight excluding hydrogens is 805 g/mol. The molecule has 0 nitrogen and oxygen atoms in total. The van der Waals surface area contributed by atoms with Gasteiger partial charge in [-0.25, -0.2) is 0 Å². The van der Waals surface area contributed by atoms with Crippen molar-refractivity contribution in [2.45, 2.75) is 16.7 Å². The molecule has 4 aliphatic carbocycles. The second-order valence-electron chi connectivity index (χ2n) is 19.0. The molecule has 0 aromatic heterocycles. The first-order valence-electron chi connectivity index (χ1n) is 23.7. The fourth-order valence-electron chi connectivity index (χ4n) is 13.4. The number of benzene rings is 11. The fourth-order valence-corrected chi connectivity index (χ4v) is 13.4. The second-order valence-corrected chi connectivity index (χ2v) is 19.0. The summed E-state index contributed by atoms with van der Waals surface area (Å²) in [4.78, 5) is 0. The van der Waals surface area contributed by atoms with E-state index in [1.54, 1.807) is 0 Å². The van der Waals surface area contributed by atoms with Crippen LogP contribution in [0, 0.1) is 0 Å². The van der Waals surface area contributed by atoms with E-state index in [1.807, 2.05) is 0 Å². The minimum absolute atomic E-state index is 0.0220. The number of hydrogen-bond donors (Lipinski definition) is 0. The molecule has 0 heteroatoms. The molecule has 0 saturated heterocycles. The third-order valence-electron chi connectivity index (χ3n) is 16.0. The Bertz CT molecular complexity index is 3720. The summed E-state index contributed by atoms with van der Waals surface area (Å²) in [6.07, 6.45) is 0. The highest BCUT2D eigenvalue weighted by atomic mass is 14.6. The van der Waals surface area contributed by atoms with Gasteiger partial charge in [-0.15, -0.1) is 0 Å². The maximum Gasteiger partial charge on any atom is 0.0720 e. The molecule has 0 amide bonds. The van der Waals surface area contributed by atoms with Crippen molar-refractivity contribution in [1.29, 1.82) is 0 Å². The summed E-state index contributed by atoms with van der Waals surface area (Å²) >= 11 is 0. The Hall–Kier alpha value is -8.32. The molecule has 0 radical (unpaired) electrons. The lowest BCUT2D eigenvalue weighted by atomic mass is 9.52. The average Bonchev–Trinajstić information content (AvgIpc) is 3.99. The van der Waals surface area contributed by atoms with E-state index >= 15 is 0 Å². The van der Waals surface area contributed by atoms with Crippen molar-refractivity contribution < 1.29 is 0 Å². The molecule has 15 rings (SSSR count). The molecule has 310 valence electrons. The quantitative estimate of drug-likeness (QED) is 0.166. The maximum atomic E-state index is 2.71. The molecule has 1 unspecified atom stereocenters. The molecule has 11 aromatic carbocycles. The summed E-state index contributed by atoms with van der Waals surface area (Å²) in [5.74, 6) is -0.0220. The van der Waals surface area contributed by atoms with Crippen LogP contribution in [0.2, 0.25) is 0 Å². The smallest absolute Gasteiger partial charge is 0.0622 e. The highest BCUT2D eigenvalue weighted by Crippen LogP contribution is 2.69. The van der Waals surface area contributed by atoms with Crippen LogP contribution >= 0.6 is 0 Å². The Morgan fingerprint density at radius 3 is 1.06 bits per heavy atom. The van der Waals surface area contributed by atoms with Gasteiger partial charge >= 0.3 is 0 Å². The van der Waals surface area contributed by atoms with Crippen LogP contribution in [0.25, 0.3) is 66.4 Å². The molecular formula is C67H42. The molecule has 4 aliphatic rings. The van der Waals surface area contributed by atoms with Crippen LogP contribution in [0.3, 0.4) is 0 Å². The minimum Gasteiger partial charge on any atom is -0.0622 e. The zero-order valence-corrected chi connectivity index (χ0v) is 36.7. The van der Waals surface area contributed by atoms with Gasteiger partial charge in [0.15, 0.2) is 0 Å². The first-order valence-corrected chi connectivity index (χ1v) is 23.7. The van der Waals surface area contributed by atoms with Gasteiger partial charge in [0.2, 0.25) is 0 Å². The molecule has 1 atom stereocenters. The van der Waals surface area contributed by atoms with Crippen LogP contribution in [0.4, 0.5) is 0 Å². The van der Waals surface area contributed by atoms with Crippen molar-refractivity contribution in [2.75, 3.05) is 0 Å². The van der Waals surface area contributed by atoms with Crippen molar-refractivity contribution in [1.82, 2.24) is 0 Å². The summed E-state index contributed by atoms with van der Waals surface area (Å²) in [5.41, 5.74) is 26.6. The van der Waals surface area contributed by atoms with E-state index in [9.17, 15) is 0 Å². The van der Waals surface area contributed by atoms with Gasteiger partial charge in [0.1, 0.15) is 0 Å². The Labute approximate surface area is 391 Å². The normalized spacial score (nSPS) is 15.6. The largest absolute Gasteiger partial charge is 0.0720 e. The predicted octanol–water partition coefficient (Wildman–Crippen LogP) is 16.4. The maximum absolute atomic E-state index is 2.71. The van der Waals surface area contributed by atoms with Gasteiger partial charge in [-0.1, -0.05) is 224 Å². The SMILES string of the molecule is c1ccc(-c2cc(-c3ccccc3)cc(C3c4cc5c(cc4-c4cc6ccccc6cc43)C3(c4ccccc4-c4ccccc43)c3ccccc3C53c4ccccc4-c4ccccc43)c2)cc1. The lowest BCUT2D eigenvalue weighted by molar-refractivity contribution is 0.632. The van der Waals surface area contributed by atoms with Crippen molar-refractivity contribution in [3.8, 4) is 55.6 Å². The van der Waals surface area contributed by atoms with Gasteiger partial charge in [-0.2, -0.15) is 0 Å². The van der Waals surface area contributed by atoms with E-state index in [0.29, 0.717) is 0 Å². The molecule has 11 aromatic rings. The monoisotopic (exact) mass is 846 g/mol.